The number of nitrogen functional groups attached to an aromatic ring is 1. The molecule has 0 saturated heterocycles. The predicted octanol–water partition coefficient (Wildman–Crippen LogP) is 4.06. The second-order valence-electron chi connectivity index (χ2n) is 6.60. The molecule has 1 aliphatic carbocycles. The van der Waals surface area contributed by atoms with Gasteiger partial charge in [-0.25, -0.2) is 0 Å². The Morgan fingerprint density at radius 3 is 2.96 bits per heavy atom. The van der Waals surface area contributed by atoms with Gasteiger partial charge in [-0.3, -0.25) is 0 Å². The molecule has 0 saturated carbocycles. The van der Waals surface area contributed by atoms with Crippen molar-refractivity contribution in [2.75, 3.05) is 18.8 Å². The third-order valence-electron chi connectivity index (χ3n) is 5.16. The van der Waals surface area contributed by atoms with E-state index in [0.29, 0.717) is 6.04 Å². The first-order valence-corrected chi connectivity index (χ1v) is 8.89. The monoisotopic (exact) mass is 312 g/mol. The van der Waals surface area contributed by atoms with E-state index in [1.54, 1.807) is 6.26 Å². The van der Waals surface area contributed by atoms with Gasteiger partial charge in [0.25, 0.3) is 0 Å². The van der Waals surface area contributed by atoms with Crippen molar-refractivity contribution >= 4 is 5.69 Å². The van der Waals surface area contributed by atoms with E-state index in [-0.39, 0.29) is 0 Å². The highest BCUT2D eigenvalue weighted by Gasteiger charge is 2.24. The fourth-order valence-electron chi connectivity index (χ4n) is 3.81. The second-order valence-corrected chi connectivity index (χ2v) is 6.60. The van der Waals surface area contributed by atoms with Gasteiger partial charge in [0.1, 0.15) is 0 Å². The Morgan fingerprint density at radius 1 is 1.26 bits per heavy atom. The number of rotatable bonds is 7. The van der Waals surface area contributed by atoms with Gasteiger partial charge < -0.3 is 15.1 Å². The van der Waals surface area contributed by atoms with Crippen LogP contribution in [0.25, 0.3) is 0 Å². The molecule has 0 aliphatic heterocycles. The summed E-state index contributed by atoms with van der Waals surface area (Å²) < 4.78 is 5.13. The van der Waals surface area contributed by atoms with E-state index in [1.807, 2.05) is 12.3 Å². The largest absolute Gasteiger partial charge is 0.472 e. The predicted molar refractivity (Wildman–Crippen MR) is 95.6 cm³/mol. The number of nitrogens with two attached hydrogens (primary N) is 1. The van der Waals surface area contributed by atoms with Crippen LogP contribution < -0.4 is 5.73 Å². The SMILES string of the molecule is CCN(CCCCc1ccoc1)C1CCc2c(N)cccc2C1. The fourth-order valence-corrected chi connectivity index (χ4v) is 3.81. The minimum absolute atomic E-state index is 0.670. The Labute approximate surface area is 139 Å². The van der Waals surface area contributed by atoms with Gasteiger partial charge >= 0.3 is 0 Å². The van der Waals surface area contributed by atoms with Crippen molar-refractivity contribution < 1.29 is 4.42 Å². The highest BCUT2D eigenvalue weighted by molar-refractivity contribution is 5.52. The summed E-state index contributed by atoms with van der Waals surface area (Å²) in [5.74, 6) is 0. The van der Waals surface area contributed by atoms with Crippen LogP contribution in [0.1, 0.15) is 42.9 Å². The Balaban J connectivity index is 1.50. The van der Waals surface area contributed by atoms with Crippen molar-refractivity contribution in [3.63, 3.8) is 0 Å². The van der Waals surface area contributed by atoms with Crippen molar-refractivity contribution in [3.05, 3.63) is 53.5 Å². The maximum atomic E-state index is 6.12. The summed E-state index contributed by atoms with van der Waals surface area (Å²) >= 11 is 0. The first-order chi connectivity index (χ1) is 11.3. The lowest BCUT2D eigenvalue weighted by Gasteiger charge is -2.35. The molecule has 0 radical (unpaired) electrons. The van der Waals surface area contributed by atoms with Crippen LogP contribution in [-0.2, 0) is 19.3 Å². The molecule has 2 aromatic rings. The summed E-state index contributed by atoms with van der Waals surface area (Å²) in [4.78, 5) is 2.65. The van der Waals surface area contributed by atoms with Crippen molar-refractivity contribution in [2.45, 2.75) is 51.5 Å². The molecule has 1 aromatic carbocycles. The topological polar surface area (TPSA) is 42.4 Å². The summed E-state index contributed by atoms with van der Waals surface area (Å²) in [6, 6.07) is 9.12. The summed E-state index contributed by atoms with van der Waals surface area (Å²) in [5.41, 5.74) is 11.3. The zero-order valence-electron chi connectivity index (χ0n) is 14.1. The van der Waals surface area contributed by atoms with Crippen LogP contribution in [0.5, 0.6) is 0 Å². The van der Waals surface area contributed by atoms with E-state index >= 15 is 0 Å². The number of fused-ring (bicyclic) bond motifs is 1. The summed E-state index contributed by atoms with van der Waals surface area (Å²) in [5, 5.41) is 0. The van der Waals surface area contributed by atoms with Crippen LogP contribution >= 0.6 is 0 Å². The molecule has 23 heavy (non-hydrogen) atoms. The van der Waals surface area contributed by atoms with Crippen LogP contribution in [0.3, 0.4) is 0 Å². The average molecular weight is 312 g/mol. The van der Waals surface area contributed by atoms with Crippen LogP contribution in [0.15, 0.2) is 41.2 Å². The van der Waals surface area contributed by atoms with E-state index in [1.165, 1.54) is 42.5 Å². The standard InChI is InChI=1S/C20H28N2O/c1-2-22(12-4-3-6-16-11-13-23-15-16)18-9-10-19-17(14-18)7-5-8-20(19)21/h5,7-8,11,13,15,18H,2-4,6,9-10,12,14,21H2,1H3. The summed E-state index contributed by atoms with van der Waals surface area (Å²) in [6.07, 6.45) is 10.7. The van der Waals surface area contributed by atoms with Gasteiger partial charge in [0.05, 0.1) is 12.5 Å². The first-order valence-electron chi connectivity index (χ1n) is 8.89. The molecule has 3 nitrogen and oxygen atoms in total. The summed E-state index contributed by atoms with van der Waals surface area (Å²) in [6.45, 7) is 4.61. The van der Waals surface area contributed by atoms with Gasteiger partial charge in [-0.15, -0.1) is 0 Å². The quantitative estimate of drug-likeness (QED) is 0.619. The van der Waals surface area contributed by atoms with E-state index in [9.17, 15) is 0 Å². The smallest absolute Gasteiger partial charge is 0.0934 e. The van der Waals surface area contributed by atoms with Crippen molar-refractivity contribution in [1.82, 2.24) is 4.90 Å². The van der Waals surface area contributed by atoms with Crippen LogP contribution in [0.2, 0.25) is 0 Å². The van der Waals surface area contributed by atoms with E-state index in [0.717, 1.165) is 31.5 Å². The molecule has 0 fully saturated rings. The normalized spacial score (nSPS) is 17.4. The Kier molecular flexibility index (Phi) is 5.39. The fraction of sp³-hybridized carbons (Fsp3) is 0.500. The van der Waals surface area contributed by atoms with Crippen molar-refractivity contribution in [3.8, 4) is 0 Å². The molecular formula is C20H28N2O. The third-order valence-corrected chi connectivity index (χ3v) is 5.16. The maximum absolute atomic E-state index is 6.12. The van der Waals surface area contributed by atoms with E-state index in [4.69, 9.17) is 10.2 Å². The number of unbranched alkanes of at least 4 members (excludes halogenated alkanes) is 1. The van der Waals surface area contributed by atoms with Gasteiger partial charge in [0.15, 0.2) is 0 Å². The summed E-state index contributed by atoms with van der Waals surface area (Å²) in [7, 11) is 0. The molecule has 0 amide bonds. The van der Waals surface area contributed by atoms with Crippen LogP contribution in [0, 0.1) is 0 Å². The van der Waals surface area contributed by atoms with Gasteiger partial charge in [-0.1, -0.05) is 19.1 Å². The Hall–Kier alpha value is -1.74. The Bertz CT molecular complexity index is 606. The number of likely N-dealkylation sites (N-methyl/N-ethyl adjacent to an activating group) is 1. The molecule has 1 unspecified atom stereocenters. The Morgan fingerprint density at radius 2 is 2.17 bits per heavy atom. The van der Waals surface area contributed by atoms with Gasteiger partial charge in [0, 0.05) is 11.7 Å². The maximum Gasteiger partial charge on any atom is 0.0934 e. The zero-order chi connectivity index (χ0) is 16.1. The minimum atomic E-state index is 0.670. The lowest BCUT2D eigenvalue weighted by molar-refractivity contribution is 0.185. The molecule has 1 atom stereocenters. The molecule has 0 spiro atoms. The van der Waals surface area contributed by atoms with Crippen LogP contribution in [-0.4, -0.2) is 24.0 Å². The molecule has 0 bridgehead atoms. The number of anilines is 1. The number of hydrogen-bond acceptors (Lipinski definition) is 3. The van der Waals surface area contributed by atoms with Gasteiger partial charge in [-0.05, 0) is 80.4 Å². The number of nitrogens with zero attached hydrogens (tertiary/aromatic N) is 1. The number of aryl methyl sites for hydroxylation is 1. The van der Waals surface area contributed by atoms with E-state index in [2.05, 4.69) is 30.0 Å². The number of hydrogen-bond donors (Lipinski definition) is 1. The lowest BCUT2D eigenvalue weighted by atomic mass is 9.86. The van der Waals surface area contributed by atoms with Crippen molar-refractivity contribution in [2.24, 2.45) is 0 Å². The molecule has 1 aromatic heterocycles. The van der Waals surface area contributed by atoms with Crippen molar-refractivity contribution in [1.29, 1.82) is 0 Å². The van der Waals surface area contributed by atoms with Crippen LogP contribution in [0.4, 0.5) is 5.69 Å². The minimum Gasteiger partial charge on any atom is -0.472 e. The molecule has 2 N–H and O–H groups in total. The molecule has 3 rings (SSSR count). The molecule has 3 heteroatoms. The van der Waals surface area contributed by atoms with E-state index < -0.39 is 0 Å². The van der Waals surface area contributed by atoms with Gasteiger partial charge in [-0.2, -0.15) is 0 Å². The lowest BCUT2D eigenvalue weighted by Crippen LogP contribution is -2.40. The van der Waals surface area contributed by atoms with Gasteiger partial charge in [0.2, 0.25) is 0 Å². The average Bonchev–Trinajstić information content (AvgIpc) is 3.08. The molecule has 1 aliphatic rings. The second kappa shape index (κ2) is 7.69. The molecule has 124 valence electrons. The molecular weight excluding hydrogens is 284 g/mol. The molecule has 1 heterocycles. The highest BCUT2D eigenvalue weighted by Crippen LogP contribution is 2.28. The highest BCUT2D eigenvalue weighted by atomic mass is 16.3. The first kappa shape index (κ1) is 16.1. The zero-order valence-corrected chi connectivity index (χ0v) is 14.1. The number of furan rings is 1. The number of benzene rings is 1. The third kappa shape index (κ3) is 3.97.